The number of amides is 1. The smallest absolute Gasteiger partial charge is 0.307 e. The van der Waals surface area contributed by atoms with E-state index in [0.717, 1.165) is 0 Å². The van der Waals surface area contributed by atoms with Crippen molar-refractivity contribution >= 4 is 33.5 Å². The zero-order valence-corrected chi connectivity index (χ0v) is 12.1. The SMILES string of the molecule is CC1CC(C(=O)O)C(C(=O)Nc2ccncc2Br)C1. The Hall–Kier alpha value is -1.43. The number of anilines is 1. The number of halogens is 1. The highest BCUT2D eigenvalue weighted by Gasteiger charge is 2.41. The van der Waals surface area contributed by atoms with E-state index in [4.69, 9.17) is 0 Å². The Morgan fingerprint density at radius 2 is 2.11 bits per heavy atom. The summed E-state index contributed by atoms with van der Waals surface area (Å²) in [5, 5.41) is 11.9. The van der Waals surface area contributed by atoms with Gasteiger partial charge >= 0.3 is 5.97 Å². The molecule has 1 fully saturated rings. The molecule has 3 unspecified atom stereocenters. The van der Waals surface area contributed by atoms with Gasteiger partial charge in [0.2, 0.25) is 5.91 Å². The van der Waals surface area contributed by atoms with Crippen LogP contribution in [0.2, 0.25) is 0 Å². The molecular formula is C13H15BrN2O3. The lowest BCUT2D eigenvalue weighted by molar-refractivity contribution is -0.145. The zero-order valence-electron chi connectivity index (χ0n) is 10.5. The number of hydrogen-bond donors (Lipinski definition) is 2. The number of carbonyl (C=O) groups is 2. The molecule has 1 aliphatic carbocycles. The number of nitrogens with zero attached hydrogens (tertiary/aromatic N) is 1. The average molecular weight is 327 g/mol. The third kappa shape index (κ3) is 3.12. The van der Waals surface area contributed by atoms with Crippen molar-refractivity contribution in [1.29, 1.82) is 0 Å². The van der Waals surface area contributed by atoms with E-state index in [1.54, 1.807) is 18.5 Å². The van der Waals surface area contributed by atoms with Gasteiger partial charge in [0, 0.05) is 12.4 Å². The summed E-state index contributed by atoms with van der Waals surface area (Å²) in [4.78, 5) is 27.3. The summed E-state index contributed by atoms with van der Waals surface area (Å²) >= 11 is 3.30. The molecule has 19 heavy (non-hydrogen) atoms. The van der Waals surface area contributed by atoms with Crippen LogP contribution in [0.1, 0.15) is 19.8 Å². The van der Waals surface area contributed by atoms with Crippen LogP contribution in [0.25, 0.3) is 0 Å². The second-order valence-electron chi connectivity index (χ2n) is 4.97. The predicted octanol–water partition coefficient (Wildman–Crippen LogP) is 2.53. The first-order valence-corrected chi connectivity index (χ1v) is 6.91. The number of carboxylic acid groups (broad SMARTS) is 1. The van der Waals surface area contributed by atoms with Gasteiger partial charge in [-0.25, -0.2) is 0 Å². The first-order valence-electron chi connectivity index (χ1n) is 6.12. The molecule has 102 valence electrons. The first kappa shape index (κ1) is 14.0. The maximum Gasteiger partial charge on any atom is 0.307 e. The van der Waals surface area contributed by atoms with Crippen molar-refractivity contribution in [3.8, 4) is 0 Å². The second kappa shape index (κ2) is 5.69. The fourth-order valence-corrected chi connectivity index (χ4v) is 2.91. The Morgan fingerprint density at radius 3 is 2.74 bits per heavy atom. The quantitative estimate of drug-likeness (QED) is 0.894. The molecule has 0 saturated heterocycles. The van der Waals surface area contributed by atoms with Crippen LogP contribution in [-0.2, 0) is 9.59 Å². The fourth-order valence-electron chi connectivity index (χ4n) is 2.56. The molecule has 1 aromatic rings. The highest BCUT2D eigenvalue weighted by molar-refractivity contribution is 9.10. The number of nitrogens with one attached hydrogen (secondary N) is 1. The van der Waals surface area contributed by atoms with Gasteiger partial charge in [-0.15, -0.1) is 0 Å². The molecular weight excluding hydrogens is 312 g/mol. The van der Waals surface area contributed by atoms with Crippen LogP contribution in [0.5, 0.6) is 0 Å². The van der Waals surface area contributed by atoms with E-state index >= 15 is 0 Å². The van der Waals surface area contributed by atoms with Gasteiger partial charge < -0.3 is 10.4 Å². The summed E-state index contributed by atoms with van der Waals surface area (Å²) in [5.41, 5.74) is 0.615. The molecule has 0 aromatic carbocycles. The molecule has 1 saturated carbocycles. The number of pyridine rings is 1. The standard InChI is InChI=1S/C13H15BrN2O3/c1-7-4-8(9(5-7)13(18)19)12(17)16-11-2-3-15-6-10(11)14/h2-3,6-9H,4-5H2,1H3,(H,18,19)(H,15,16,17). The molecule has 6 heteroatoms. The topological polar surface area (TPSA) is 79.3 Å². The number of hydrogen-bond acceptors (Lipinski definition) is 3. The van der Waals surface area contributed by atoms with Crippen molar-refractivity contribution < 1.29 is 14.7 Å². The number of carbonyl (C=O) groups excluding carboxylic acids is 1. The van der Waals surface area contributed by atoms with Gasteiger partial charge in [0.15, 0.2) is 0 Å². The van der Waals surface area contributed by atoms with Gasteiger partial charge in [-0.2, -0.15) is 0 Å². The molecule has 0 radical (unpaired) electrons. The Balaban J connectivity index is 2.11. The number of carboxylic acids is 1. The summed E-state index contributed by atoms with van der Waals surface area (Å²) in [6.07, 6.45) is 4.34. The summed E-state index contributed by atoms with van der Waals surface area (Å²) in [7, 11) is 0. The van der Waals surface area contributed by atoms with Crippen molar-refractivity contribution in [3.63, 3.8) is 0 Å². The molecule has 1 aromatic heterocycles. The lowest BCUT2D eigenvalue weighted by Crippen LogP contribution is -2.30. The van der Waals surface area contributed by atoms with Gasteiger partial charge in [0.05, 0.1) is 22.0 Å². The van der Waals surface area contributed by atoms with E-state index in [2.05, 4.69) is 26.2 Å². The summed E-state index contributed by atoms with van der Waals surface area (Å²) in [6.45, 7) is 1.98. The normalized spacial score (nSPS) is 26.1. The Labute approximate surface area is 119 Å². The molecule has 0 aliphatic heterocycles. The largest absolute Gasteiger partial charge is 0.481 e. The minimum atomic E-state index is -0.890. The molecule has 0 spiro atoms. The lowest BCUT2D eigenvalue weighted by atomic mass is 9.95. The van der Waals surface area contributed by atoms with Crippen LogP contribution in [-0.4, -0.2) is 22.0 Å². The summed E-state index contributed by atoms with van der Waals surface area (Å²) < 4.78 is 0.682. The molecule has 5 nitrogen and oxygen atoms in total. The van der Waals surface area contributed by atoms with Crippen LogP contribution in [0, 0.1) is 17.8 Å². The third-order valence-corrected chi connectivity index (χ3v) is 4.11. The van der Waals surface area contributed by atoms with E-state index in [1.165, 1.54) is 0 Å². The maximum absolute atomic E-state index is 12.2. The molecule has 1 aliphatic rings. The Bertz CT molecular complexity index is 506. The zero-order chi connectivity index (χ0) is 14.0. The summed E-state index contributed by atoms with van der Waals surface area (Å²) in [6, 6.07) is 1.68. The van der Waals surface area contributed by atoms with Gasteiger partial charge in [-0.05, 0) is 40.8 Å². The van der Waals surface area contributed by atoms with E-state index in [9.17, 15) is 14.7 Å². The monoisotopic (exact) mass is 326 g/mol. The molecule has 1 heterocycles. The van der Waals surface area contributed by atoms with Crippen LogP contribution in [0.3, 0.4) is 0 Å². The molecule has 3 atom stereocenters. The molecule has 2 N–H and O–H groups in total. The van der Waals surface area contributed by atoms with Crippen LogP contribution in [0.4, 0.5) is 5.69 Å². The molecule has 2 rings (SSSR count). The summed E-state index contributed by atoms with van der Waals surface area (Å²) in [5.74, 6) is -1.91. The van der Waals surface area contributed by atoms with Gasteiger partial charge in [0.1, 0.15) is 0 Å². The maximum atomic E-state index is 12.2. The lowest BCUT2D eigenvalue weighted by Gasteiger charge is -2.16. The fraction of sp³-hybridized carbons (Fsp3) is 0.462. The number of aromatic nitrogens is 1. The van der Waals surface area contributed by atoms with Crippen molar-refractivity contribution in [3.05, 3.63) is 22.9 Å². The molecule has 1 amide bonds. The Kier molecular flexibility index (Phi) is 4.19. The van der Waals surface area contributed by atoms with Crippen molar-refractivity contribution in [2.75, 3.05) is 5.32 Å². The van der Waals surface area contributed by atoms with Gasteiger partial charge in [0.25, 0.3) is 0 Å². The number of aliphatic carboxylic acids is 1. The minimum absolute atomic E-state index is 0.233. The first-order chi connectivity index (χ1) is 8.99. The van der Waals surface area contributed by atoms with E-state index < -0.39 is 17.8 Å². The highest BCUT2D eigenvalue weighted by Crippen LogP contribution is 2.37. The van der Waals surface area contributed by atoms with Gasteiger partial charge in [-0.1, -0.05) is 6.92 Å². The van der Waals surface area contributed by atoms with E-state index in [0.29, 0.717) is 23.0 Å². The Morgan fingerprint density at radius 1 is 1.42 bits per heavy atom. The molecule has 0 bridgehead atoms. The van der Waals surface area contributed by atoms with Crippen LogP contribution < -0.4 is 5.32 Å². The average Bonchev–Trinajstić information content (AvgIpc) is 2.74. The van der Waals surface area contributed by atoms with Gasteiger partial charge in [-0.3, -0.25) is 14.6 Å². The van der Waals surface area contributed by atoms with Crippen LogP contribution >= 0.6 is 15.9 Å². The minimum Gasteiger partial charge on any atom is -0.481 e. The number of rotatable bonds is 3. The second-order valence-corrected chi connectivity index (χ2v) is 5.83. The predicted molar refractivity (Wildman–Crippen MR) is 73.6 cm³/mol. The van der Waals surface area contributed by atoms with Crippen LogP contribution in [0.15, 0.2) is 22.9 Å². The van der Waals surface area contributed by atoms with E-state index in [-0.39, 0.29) is 11.8 Å². The third-order valence-electron chi connectivity index (χ3n) is 3.48. The van der Waals surface area contributed by atoms with E-state index in [1.807, 2.05) is 6.92 Å². The van der Waals surface area contributed by atoms with Crippen molar-refractivity contribution in [2.24, 2.45) is 17.8 Å². The van der Waals surface area contributed by atoms with Crippen molar-refractivity contribution in [2.45, 2.75) is 19.8 Å². The van der Waals surface area contributed by atoms with Crippen molar-refractivity contribution in [1.82, 2.24) is 4.98 Å². The highest BCUT2D eigenvalue weighted by atomic mass is 79.9.